The van der Waals surface area contributed by atoms with Crippen LogP contribution in [0.25, 0.3) is 0 Å². The average Bonchev–Trinajstić information content (AvgIpc) is 2.90. The minimum Gasteiger partial charge on any atom is -0.481 e. The number of hydrogen-bond donors (Lipinski definition) is 0. The van der Waals surface area contributed by atoms with Gasteiger partial charge >= 0.3 is 0 Å². The number of carbonyl (C=O) groups excluding carboxylic acids is 1. The molecule has 0 saturated carbocycles. The highest BCUT2D eigenvalue weighted by Crippen LogP contribution is 2.13. The quantitative estimate of drug-likeness (QED) is 0.810. The minimum atomic E-state index is -0.503. The van der Waals surface area contributed by atoms with Gasteiger partial charge in [-0.05, 0) is 24.6 Å². The molecule has 1 aromatic heterocycles. The van der Waals surface area contributed by atoms with Crippen LogP contribution in [0.4, 0.5) is 0 Å². The Morgan fingerprint density at radius 2 is 2.12 bits per heavy atom. The molecule has 88 valence electrons. The molecule has 0 aliphatic carbocycles. The van der Waals surface area contributed by atoms with Crippen LogP contribution in [0.15, 0.2) is 48.8 Å². The molecule has 4 nitrogen and oxygen atoms in total. The van der Waals surface area contributed by atoms with Gasteiger partial charge in [0.25, 0.3) is 5.91 Å². The van der Waals surface area contributed by atoms with Crippen molar-refractivity contribution in [3.63, 3.8) is 0 Å². The van der Waals surface area contributed by atoms with Crippen molar-refractivity contribution in [1.82, 2.24) is 9.78 Å². The van der Waals surface area contributed by atoms with Crippen LogP contribution in [0.1, 0.15) is 18.1 Å². The van der Waals surface area contributed by atoms with Crippen LogP contribution in [0, 0.1) is 0 Å². The lowest BCUT2D eigenvalue weighted by atomic mass is 10.2. The molecule has 0 amide bonds. The molecular formula is C13H14N2O2. The Morgan fingerprint density at radius 1 is 1.35 bits per heavy atom. The van der Waals surface area contributed by atoms with Crippen LogP contribution in [0.3, 0.4) is 0 Å². The van der Waals surface area contributed by atoms with Crippen LogP contribution in [-0.4, -0.2) is 21.8 Å². The summed E-state index contributed by atoms with van der Waals surface area (Å²) in [6, 6.07) is 11.0. The van der Waals surface area contributed by atoms with Crippen molar-refractivity contribution >= 4 is 5.91 Å². The normalized spacial score (nSPS) is 12.1. The molecule has 0 spiro atoms. The molecule has 2 rings (SSSR count). The number of carbonyl (C=O) groups is 1. The monoisotopic (exact) mass is 230 g/mol. The van der Waals surface area contributed by atoms with E-state index >= 15 is 0 Å². The lowest BCUT2D eigenvalue weighted by Crippen LogP contribution is -2.31. The molecule has 0 radical (unpaired) electrons. The van der Waals surface area contributed by atoms with Crippen LogP contribution in [0.2, 0.25) is 0 Å². The van der Waals surface area contributed by atoms with Gasteiger partial charge in [0.15, 0.2) is 6.10 Å². The first-order valence-corrected chi connectivity index (χ1v) is 5.57. The number of rotatable bonds is 4. The van der Waals surface area contributed by atoms with Crippen molar-refractivity contribution < 1.29 is 9.53 Å². The smallest absolute Gasteiger partial charge is 0.287 e. The molecule has 2 aromatic rings. The molecule has 0 N–H and O–H groups in total. The van der Waals surface area contributed by atoms with Gasteiger partial charge in [-0.2, -0.15) is 5.10 Å². The van der Waals surface area contributed by atoms with E-state index in [0.717, 1.165) is 0 Å². The van der Waals surface area contributed by atoms with E-state index in [2.05, 4.69) is 5.10 Å². The Balaban J connectivity index is 2.10. The Morgan fingerprint density at radius 3 is 2.71 bits per heavy atom. The van der Waals surface area contributed by atoms with Gasteiger partial charge in [0.2, 0.25) is 0 Å². The summed E-state index contributed by atoms with van der Waals surface area (Å²) in [7, 11) is 0. The summed E-state index contributed by atoms with van der Waals surface area (Å²) in [6.07, 6.45) is 3.30. The summed E-state index contributed by atoms with van der Waals surface area (Å²) in [5.74, 6) is 0.543. The average molecular weight is 230 g/mol. The van der Waals surface area contributed by atoms with Crippen molar-refractivity contribution in [2.24, 2.45) is 0 Å². The number of hydrogen-bond acceptors (Lipinski definition) is 3. The Hall–Kier alpha value is -2.10. The van der Waals surface area contributed by atoms with Gasteiger partial charge in [0.1, 0.15) is 5.75 Å². The SMILES string of the molecule is CCC(Oc1ccccc1)C(=O)n1cccn1. The van der Waals surface area contributed by atoms with E-state index in [1.54, 1.807) is 18.5 Å². The van der Waals surface area contributed by atoms with E-state index in [0.29, 0.717) is 12.2 Å². The summed E-state index contributed by atoms with van der Waals surface area (Å²) in [6.45, 7) is 1.91. The zero-order chi connectivity index (χ0) is 12.1. The van der Waals surface area contributed by atoms with Gasteiger partial charge < -0.3 is 4.74 Å². The van der Waals surface area contributed by atoms with Crippen molar-refractivity contribution in [2.45, 2.75) is 19.4 Å². The molecule has 4 heteroatoms. The zero-order valence-corrected chi connectivity index (χ0v) is 9.61. The highest BCUT2D eigenvalue weighted by atomic mass is 16.5. The first kappa shape index (κ1) is 11.4. The second kappa shape index (κ2) is 5.30. The molecule has 17 heavy (non-hydrogen) atoms. The fourth-order valence-electron chi connectivity index (χ4n) is 1.52. The number of nitrogens with zero attached hydrogens (tertiary/aromatic N) is 2. The van der Waals surface area contributed by atoms with Crippen molar-refractivity contribution in [3.05, 3.63) is 48.8 Å². The molecule has 0 aliphatic rings. The molecular weight excluding hydrogens is 216 g/mol. The maximum absolute atomic E-state index is 12.0. The molecule has 0 bridgehead atoms. The van der Waals surface area contributed by atoms with Gasteiger partial charge in [-0.3, -0.25) is 4.79 Å². The largest absolute Gasteiger partial charge is 0.481 e. The predicted molar refractivity (Wildman–Crippen MR) is 64.0 cm³/mol. The summed E-state index contributed by atoms with van der Waals surface area (Å²) in [5, 5.41) is 3.91. The maximum atomic E-state index is 12.0. The summed E-state index contributed by atoms with van der Waals surface area (Å²) >= 11 is 0. The highest BCUT2D eigenvalue weighted by molar-refractivity contribution is 5.82. The maximum Gasteiger partial charge on any atom is 0.287 e. The van der Waals surface area contributed by atoms with Crippen molar-refractivity contribution in [3.8, 4) is 5.75 Å². The number of ether oxygens (including phenoxy) is 1. The molecule has 0 aliphatic heterocycles. The first-order valence-electron chi connectivity index (χ1n) is 5.57. The third kappa shape index (κ3) is 2.72. The highest BCUT2D eigenvalue weighted by Gasteiger charge is 2.20. The van der Waals surface area contributed by atoms with E-state index in [4.69, 9.17) is 4.74 Å². The molecule has 1 aromatic carbocycles. The van der Waals surface area contributed by atoms with Crippen molar-refractivity contribution in [2.75, 3.05) is 0 Å². The summed E-state index contributed by atoms with van der Waals surface area (Å²) < 4.78 is 6.94. The van der Waals surface area contributed by atoms with Crippen LogP contribution < -0.4 is 4.74 Å². The first-order chi connectivity index (χ1) is 8.31. The van der Waals surface area contributed by atoms with Gasteiger partial charge in [-0.1, -0.05) is 25.1 Å². The van der Waals surface area contributed by atoms with Gasteiger partial charge in [0.05, 0.1) is 0 Å². The standard InChI is InChI=1S/C13H14N2O2/c1-2-12(13(16)15-10-6-9-14-15)17-11-7-4-3-5-8-11/h3-10,12H,2H2,1H3. The summed E-state index contributed by atoms with van der Waals surface area (Å²) in [4.78, 5) is 12.0. The van der Waals surface area contributed by atoms with E-state index in [1.165, 1.54) is 4.68 Å². The third-order valence-corrected chi connectivity index (χ3v) is 2.40. The fourth-order valence-corrected chi connectivity index (χ4v) is 1.52. The lowest BCUT2D eigenvalue weighted by Gasteiger charge is -2.15. The van der Waals surface area contributed by atoms with E-state index in [9.17, 15) is 4.79 Å². The summed E-state index contributed by atoms with van der Waals surface area (Å²) in [5.41, 5.74) is 0. The molecule has 1 unspecified atom stereocenters. The predicted octanol–water partition coefficient (Wildman–Crippen LogP) is 2.38. The fraction of sp³-hybridized carbons (Fsp3) is 0.231. The van der Waals surface area contributed by atoms with Gasteiger partial charge in [-0.25, -0.2) is 4.68 Å². The van der Waals surface area contributed by atoms with Gasteiger partial charge in [-0.15, -0.1) is 0 Å². The Kier molecular flexibility index (Phi) is 3.55. The Labute approximate surface area is 99.8 Å². The van der Waals surface area contributed by atoms with E-state index in [1.807, 2.05) is 37.3 Å². The van der Waals surface area contributed by atoms with E-state index < -0.39 is 6.10 Å². The van der Waals surface area contributed by atoms with Crippen LogP contribution in [-0.2, 0) is 0 Å². The van der Waals surface area contributed by atoms with Gasteiger partial charge in [0, 0.05) is 12.4 Å². The number of para-hydroxylation sites is 1. The second-order valence-electron chi connectivity index (χ2n) is 3.62. The molecule has 1 heterocycles. The number of benzene rings is 1. The Bertz CT molecular complexity index is 465. The zero-order valence-electron chi connectivity index (χ0n) is 9.61. The molecule has 1 atom stereocenters. The topological polar surface area (TPSA) is 44.1 Å². The van der Waals surface area contributed by atoms with Crippen LogP contribution in [0.5, 0.6) is 5.75 Å². The molecule has 0 saturated heterocycles. The second-order valence-corrected chi connectivity index (χ2v) is 3.62. The minimum absolute atomic E-state index is 0.152. The number of aromatic nitrogens is 2. The molecule has 0 fully saturated rings. The lowest BCUT2D eigenvalue weighted by molar-refractivity contribution is 0.0677. The van der Waals surface area contributed by atoms with Crippen LogP contribution >= 0.6 is 0 Å². The third-order valence-electron chi connectivity index (χ3n) is 2.40. The van der Waals surface area contributed by atoms with E-state index in [-0.39, 0.29) is 5.91 Å². The van der Waals surface area contributed by atoms with Crippen molar-refractivity contribution in [1.29, 1.82) is 0 Å².